The van der Waals surface area contributed by atoms with Crippen LogP contribution in [0.1, 0.15) is 29.9 Å². The number of rotatable bonds is 9. The molecule has 0 saturated carbocycles. The zero-order valence-electron chi connectivity index (χ0n) is 18.7. The highest BCUT2D eigenvalue weighted by Gasteiger charge is 2.19. The van der Waals surface area contributed by atoms with Crippen molar-refractivity contribution in [3.05, 3.63) is 47.7 Å². The van der Waals surface area contributed by atoms with Crippen molar-refractivity contribution in [2.45, 2.75) is 25.9 Å². The third-order valence-corrected chi connectivity index (χ3v) is 5.95. The van der Waals surface area contributed by atoms with E-state index in [-0.39, 0.29) is 0 Å². The average molecular weight is 434 g/mol. The summed E-state index contributed by atoms with van der Waals surface area (Å²) >= 11 is 0. The van der Waals surface area contributed by atoms with Crippen molar-refractivity contribution >= 4 is 16.9 Å². The summed E-state index contributed by atoms with van der Waals surface area (Å²) in [7, 11) is 2.16. The third-order valence-electron chi connectivity index (χ3n) is 5.95. The predicted molar refractivity (Wildman–Crippen MR) is 125 cm³/mol. The smallest absolute Gasteiger partial charge is 0.179 e. The molecule has 0 radical (unpaired) electrons. The number of pyridine rings is 2. The van der Waals surface area contributed by atoms with Gasteiger partial charge in [0.25, 0.3) is 0 Å². The molecule has 4 rings (SSSR count). The van der Waals surface area contributed by atoms with E-state index >= 15 is 0 Å². The molecule has 4 heterocycles. The van der Waals surface area contributed by atoms with Gasteiger partial charge in [0.2, 0.25) is 0 Å². The minimum atomic E-state index is 0.587. The lowest BCUT2D eigenvalue weighted by Crippen LogP contribution is -2.44. The van der Waals surface area contributed by atoms with Gasteiger partial charge in [-0.2, -0.15) is 5.26 Å². The minimum Gasteiger partial charge on any atom is -0.367 e. The Morgan fingerprint density at radius 3 is 2.75 bits per heavy atom. The summed E-state index contributed by atoms with van der Waals surface area (Å²) < 4.78 is 0. The zero-order valence-corrected chi connectivity index (χ0v) is 18.7. The quantitative estimate of drug-likeness (QED) is 0.490. The second-order valence-corrected chi connectivity index (χ2v) is 8.32. The normalized spacial score (nSPS) is 14.9. The van der Waals surface area contributed by atoms with Crippen LogP contribution in [-0.2, 0) is 13.1 Å². The van der Waals surface area contributed by atoms with E-state index in [4.69, 9.17) is 10.7 Å². The first-order valence-electron chi connectivity index (χ1n) is 11.2. The lowest BCUT2D eigenvalue weighted by Gasteiger charge is -2.34. The number of likely N-dealkylation sites (N-methyl/N-ethyl adjacent to an activating group) is 1. The Kier molecular flexibility index (Phi) is 7.27. The Morgan fingerprint density at radius 2 is 1.97 bits per heavy atom. The maximum atomic E-state index is 9.44. The lowest BCUT2D eigenvalue weighted by molar-refractivity contribution is 0.243. The highest BCUT2D eigenvalue weighted by molar-refractivity contribution is 5.86. The summed E-state index contributed by atoms with van der Waals surface area (Å²) in [5.74, 6) is 0.872. The molecule has 168 valence electrons. The van der Waals surface area contributed by atoms with Crippen LogP contribution in [-0.4, -0.2) is 76.1 Å². The standard InChI is InChI=1S/C23H31N9/c1-30-11-13-32(14-12-30)20-6-9-27-23-22(20)28-21(29-23)17-31(10-3-2-7-24)16-19-18(15-25)5-4-8-26-19/h4-6,8-9H,2-3,7,10-14,16-17,24H2,1H3,(H,27,28,29). The van der Waals surface area contributed by atoms with Crippen molar-refractivity contribution in [2.75, 3.05) is 51.2 Å². The fourth-order valence-electron chi connectivity index (χ4n) is 4.11. The van der Waals surface area contributed by atoms with Crippen LogP contribution >= 0.6 is 0 Å². The highest BCUT2D eigenvalue weighted by Crippen LogP contribution is 2.25. The molecule has 3 aromatic rings. The maximum absolute atomic E-state index is 9.44. The van der Waals surface area contributed by atoms with Crippen LogP contribution in [0.4, 0.5) is 5.69 Å². The van der Waals surface area contributed by atoms with Gasteiger partial charge in [-0.25, -0.2) is 9.97 Å². The highest BCUT2D eigenvalue weighted by atomic mass is 15.3. The number of hydrogen-bond donors (Lipinski definition) is 2. The summed E-state index contributed by atoms with van der Waals surface area (Å²) in [6.45, 7) is 6.82. The Hall–Kier alpha value is -3.06. The van der Waals surface area contributed by atoms with E-state index in [0.29, 0.717) is 25.2 Å². The molecule has 9 nitrogen and oxygen atoms in total. The van der Waals surface area contributed by atoms with Crippen molar-refractivity contribution in [1.82, 2.24) is 29.7 Å². The van der Waals surface area contributed by atoms with Gasteiger partial charge in [-0.05, 0) is 51.2 Å². The number of nitrogens with two attached hydrogens (primary N) is 1. The van der Waals surface area contributed by atoms with Crippen molar-refractivity contribution in [1.29, 1.82) is 5.26 Å². The molecule has 1 saturated heterocycles. The first kappa shape index (κ1) is 22.1. The van der Waals surface area contributed by atoms with E-state index in [2.05, 4.69) is 48.8 Å². The molecule has 1 aliphatic heterocycles. The summed E-state index contributed by atoms with van der Waals surface area (Å²) in [5.41, 5.74) is 10.00. The van der Waals surface area contributed by atoms with Gasteiger partial charge in [0.15, 0.2) is 5.65 Å². The molecule has 0 atom stereocenters. The number of imidazole rings is 1. The summed E-state index contributed by atoms with van der Waals surface area (Å²) in [4.78, 5) is 24.3. The Bertz CT molecular complexity index is 1060. The van der Waals surface area contributed by atoms with Gasteiger partial charge in [0.05, 0.1) is 23.5 Å². The number of nitrogens with zero attached hydrogens (tertiary/aromatic N) is 7. The number of piperazine rings is 1. The zero-order chi connectivity index (χ0) is 22.3. The van der Waals surface area contributed by atoms with Crippen LogP contribution in [0.15, 0.2) is 30.6 Å². The monoisotopic (exact) mass is 433 g/mol. The molecular weight excluding hydrogens is 402 g/mol. The number of nitrogens with one attached hydrogen (secondary N) is 1. The number of aromatic amines is 1. The summed E-state index contributed by atoms with van der Waals surface area (Å²) in [6.07, 6.45) is 5.52. The number of hydrogen-bond acceptors (Lipinski definition) is 8. The molecule has 0 aromatic carbocycles. The first-order valence-corrected chi connectivity index (χ1v) is 11.2. The van der Waals surface area contributed by atoms with E-state index in [1.165, 1.54) is 0 Å². The van der Waals surface area contributed by atoms with Gasteiger partial charge in [-0.1, -0.05) is 0 Å². The Balaban J connectivity index is 1.55. The van der Waals surface area contributed by atoms with E-state index in [9.17, 15) is 5.26 Å². The molecule has 0 bridgehead atoms. The van der Waals surface area contributed by atoms with E-state index in [1.807, 2.05) is 12.3 Å². The van der Waals surface area contributed by atoms with Crippen molar-refractivity contribution in [2.24, 2.45) is 5.73 Å². The molecule has 0 aliphatic carbocycles. The van der Waals surface area contributed by atoms with Gasteiger partial charge < -0.3 is 20.5 Å². The number of fused-ring (bicyclic) bond motifs is 1. The number of aromatic nitrogens is 4. The molecule has 9 heteroatoms. The molecule has 32 heavy (non-hydrogen) atoms. The minimum absolute atomic E-state index is 0.587. The Morgan fingerprint density at radius 1 is 1.12 bits per heavy atom. The number of H-pyrrole nitrogens is 1. The van der Waals surface area contributed by atoms with Crippen molar-refractivity contribution in [3.63, 3.8) is 0 Å². The van der Waals surface area contributed by atoms with Crippen LogP contribution in [0.3, 0.4) is 0 Å². The van der Waals surface area contributed by atoms with Crippen LogP contribution in [0.25, 0.3) is 11.2 Å². The Labute approximate surface area is 188 Å². The number of nitriles is 1. The second-order valence-electron chi connectivity index (χ2n) is 8.32. The number of unbranched alkanes of at least 4 members (excludes halogenated alkanes) is 1. The van der Waals surface area contributed by atoms with Crippen LogP contribution in [0.5, 0.6) is 0 Å². The van der Waals surface area contributed by atoms with E-state index in [1.54, 1.807) is 12.3 Å². The van der Waals surface area contributed by atoms with Gasteiger partial charge in [0.1, 0.15) is 17.4 Å². The molecule has 1 fully saturated rings. The molecule has 3 N–H and O–H groups in total. The fraction of sp³-hybridized carbons (Fsp3) is 0.478. The van der Waals surface area contributed by atoms with E-state index in [0.717, 1.165) is 73.9 Å². The number of anilines is 1. The van der Waals surface area contributed by atoms with Gasteiger partial charge >= 0.3 is 0 Å². The largest absolute Gasteiger partial charge is 0.367 e. The van der Waals surface area contributed by atoms with Gasteiger partial charge in [-0.3, -0.25) is 9.88 Å². The second kappa shape index (κ2) is 10.5. The van der Waals surface area contributed by atoms with Gasteiger partial charge in [-0.15, -0.1) is 0 Å². The van der Waals surface area contributed by atoms with Crippen molar-refractivity contribution < 1.29 is 0 Å². The van der Waals surface area contributed by atoms with E-state index < -0.39 is 0 Å². The lowest BCUT2D eigenvalue weighted by atomic mass is 10.2. The maximum Gasteiger partial charge on any atom is 0.179 e. The SMILES string of the molecule is CN1CCN(c2ccnc3nc(CN(CCCCN)Cc4ncccc4C#N)[nH]c23)CC1. The molecule has 0 unspecified atom stereocenters. The van der Waals surface area contributed by atoms with Crippen molar-refractivity contribution in [3.8, 4) is 6.07 Å². The van der Waals surface area contributed by atoms with Crippen LogP contribution in [0.2, 0.25) is 0 Å². The topological polar surface area (TPSA) is 114 Å². The molecule has 0 amide bonds. The van der Waals surface area contributed by atoms with Gasteiger partial charge in [0, 0.05) is 45.1 Å². The fourth-order valence-corrected chi connectivity index (χ4v) is 4.11. The average Bonchev–Trinajstić information content (AvgIpc) is 3.22. The van der Waals surface area contributed by atoms with Crippen LogP contribution in [0, 0.1) is 11.3 Å². The van der Waals surface area contributed by atoms with Crippen LogP contribution < -0.4 is 10.6 Å². The molecular formula is C23H31N9. The third kappa shape index (κ3) is 5.22. The molecule has 1 aliphatic rings. The molecule has 3 aromatic heterocycles. The first-order chi connectivity index (χ1) is 15.7. The predicted octanol–water partition coefficient (Wildman–Crippen LogP) is 1.72. The summed E-state index contributed by atoms with van der Waals surface area (Å²) in [6, 6.07) is 7.93. The molecule has 0 spiro atoms. The summed E-state index contributed by atoms with van der Waals surface area (Å²) in [5, 5.41) is 9.44.